The molecule has 38 heavy (non-hydrogen) atoms. The number of aromatic amines is 1. The number of hydrogen-bond donors (Lipinski definition) is 3. The molecule has 0 atom stereocenters. The lowest BCUT2D eigenvalue weighted by atomic mass is 9.89. The van der Waals surface area contributed by atoms with Crippen LogP contribution in [0.25, 0.3) is 11.4 Å². The molecule has 3 aromatic rings. The number of tetrazole rings is 1. The lowest BCUT2D eigenvalue weighted by Crippen LogP contribution is -2.31. The van der Waals surface area contributed by atoms with Crippen molar-refractivity contribution in [3.05, 3.63) is 58.9 Å². The van der Waals surface area contributed by atoms with Gasteiger partial charge in [-0.1, -0.05) is 25.3 Å². The Bertz CT molecular complexity index is 1330. The summed E-state index contributed by atoms with van der Waals surface area (Å²) < 4.78 is 53.5. The average Bonchev–Trinajstić information content (AvgIpc) is 3.52. The third-order valence-corrected chi connectivity index (χ3v) is 7.40. The minimum Gasteiger partial charge on any atom is -0.352 e. The molecule has 0 unspecified atom stereocenters. The van der Waals surface area contributed by atoms with Gasteiger partial charge >= 0.3 is 6.18 Å². The van der Waals surface area contributed by atoms with E-state index in [9.17, 15) is 27.2 Å². The standard InChI is InChI=1S/C26H26F4N6O2/c27-21-12-16(26(28,29)30)6-9-20(21)25(10-11-25)24(38)32-17-7-8-18(19(13-17)22-33-35-36-34-22)23(37)31-14-15-4-2-1-3-5-15/h6-9,12-13,15H,1-5,10-11,14H2,(H,31,37)(H,32,38)(H,33,34,35,36). The minimum atomic E-state index is -4.69. The molecular weight excluding hydrogens is 504 g/mol. The van der Waals surface area contributed by atoms with Crippen molar-refractivity contribution in [1.29, 1.82) is 0 Å². The van der Waals surface area contributed by atoms with Gasteiger partial charge in [-0.25, -0.2) is 9.49 Å². The van der Waals surface area contributed by atoms with Crippen LogP contribution in [0.5, 0.6) is 0 Å². The van der Waals surface area contributed by atoms with Crippen LogP contribution in [-0.4, -0.2) is 39.0 Å². The van der Waals surface area contributed by atoms with Crippen molar-refractivity contribution in [1.82, 2.24) is 25.9 Å². The number of halogens is 4. The molecule has 12 heteroatoms. The summed E-state index contributed by atoms with van der Waals surface area (Å²) in [7, 11) is 0. The third-order valence-electron chi connectivity index (χ3n) is 7.40. The van der Waals surface area contributed by atoms with Crippen LogP contribution < -0.4 is 10.6 Å². The monoisotopic (exact) mass is 530 g/mol. The fourth-order valence-electron chi connectivity index (χ4n) is 5.09. The Labute approximate surface area is 215 Å². The van der Waals surface area contributed by atoms with Gasteiger partial charge in [0.2, 0.25) is 5.91 Å². The summed E-state index contributed by atoms with van der Waals surface area (Å²) in [4.78, 5) is 26.2. The topological polar surface area (TPSA) is 113 Å². The molecule has 1 aromatic heterocycles. The zero-order valence-corrected chi connectivity index (χ0v) is 20.4. The zero-order valence-electron chi connectivity index (χ0n) is 20.4. The van der Waals surface area contributed by atoms with Crippen LogP contribution in [0.3, 0.4) is 0 Å². The van der Waals surface area contributed by atoms with Crippen LogP contribution in [0, 0.1) is 11.7 Å². The van der Waals surface area contributed by atoms with E-state index in [1.165, 1.54) is 12.5 Å². The molecule has 0 saturated heterocycles. The molecule has 0 radical (unpaired) electrons. The Hall–Kier alpha value is -3.83. The van der Waals surface area contributed by atoms with Crippen molar-refractivity contribution < 1.29 is 27.2 Å². The summed E-state index contributed by atoms with van der Waals surface area (Å²) in [6.07, 6.45) is 1.57. The van der Waals surface area contributed by atoms with Gasteiger partial charge in [0, 0.05) is 23.4 Å². The third kappa shape index (κ3) is 5.25. The number of nitrogens with one attached hydrogen (secondary N) is 3. The summed E-state index contributed by atoms with van der Waals surface area (Å²) in [6.45, 7) is 0.562. The van der Waals surface area contributed by atoms with E-state index in [1.54, 1.807) is 12.1 Å². The van der Waals surface area contributed by atoms with Gasteiger partial charge in [0.1, 0.15) is 5.82 Å². The highest BCUT2D eigenvalue weighted by atomic mass is 19.4. The predicted octanol–water partition coefficient (Wildman–Crippen LogP) is 5.01. The first-order valence-electron chi connectivity index (χ1n) is 12.5. The molecule has 1 heterocycles. The summed E-state index contributed by atoms with van der Waals surface area (Å²) >= 11 is 0. The van der Waals surface area contributed by atoms with Gasteiger partial charge in [-0.05, 0) is 72.4 Å². The summed E-state index contributed by atoms with van der Waals surface area (Å²) in [6, 6.07) is 6.84. The highest BCUT2D eigenvalue weighted by Crippen LogP contribution is 2.50. The number of H-pyrrole nitrogens is 1. The number of aromatic nitrogens is 4. The van der Waals surface area contributed by atoms with Crippen LogP contribution in [0.2, 0.25) is 0 Å². The molecule has 2 aliphatic carbocycles. The molecular formula is C26H26F4N6O2. The van der Waals surface area contributed by atoms with Crippen molar-refractivity contribution >= 4 is 17.5 Å². The Balaban J connectivity index is 1.35. The van der Waals surface area contributed by atoms with Crippen LogP contribution in [0.1, 0.15) is 66.4 Å². The smallest absolute Gasteiger partial charge is 0.352 e. The lowest BCUT2D eigenvalue weighted by Gasteiger charge is -2.22. The zero-order chi connectivity index (χ0) is 26.9. The van der Waals surface area contributed by atoms with E-state index in [-0.39, 0.29) is 17.3 Å². The molecule has 2 saturated carbocycles. The number of amides is 2. The first-order valence-corrected chi connectivity index (χ1v) is 12.5. The quantitative estimate of drug-likeness (QED) is 0.372. The van der Waals surface area contributed by atoms with Gasteiger partial charge in [-0.2, -0.15) is 13.2 Å². The number of rotatable bonds is 7. The average molecular weight is 531 g/mol. The van der Waals surface area contributed by atoms with Gasteiger partial charge in [0.05, 0.1) is 16.5 Å². The van der Waals surface area contributed by atoms with E-state index in [1.807, 2.05) is 0 Å². The van der Waals surface area contributed by atoms with Gasteiger partial charge in [0.25, 0.3) is 5.91 Å². The van der Waals surface area contributed by atoms with Crippen LogP contribution in [-0.2, 0) is 16.4 Å². The van der Waals surface area contributed by atoms with Crippen LogP contribution >= 0.6 is 0 Å². The number of hydrogen-bond acceptors (Lipinski definition) is 5. The van der Waals surface area contributed by atoms with Crippen molar-refractivity contribution in [2.45, 2.75) is 56.5 Å². The normalized spacial score (nSPS) is 17.2. The summed E-state index contributed by atoms with van der Waals surface area (Å²) in [5, 5.41) is 19.4. The molecule has 8 nitrogen and oxygen atoms in total. The van der Waals surface area contributed by atoms with E-state index in [0.717, 1.165) is 37.8 Å². The Kier molecular flexibility index (Phi) is 6.89. The molecule has 0 aliphatic heterocycles. The van der Waals surface area contributed by atoms with Crippen molar-refractivity contribution in [2.75, 3.05) is 11.9 Å². The fourth-order valence-corrected chi connectivity index (χ4v) is 5.09. The SMILES string of the molecule is O=C(NCC1CCCCC1)c1ccc(NC(=O)C2(c3ccc(C(F)(F)F)cc3F)CC2)cc1-c1nnn[nH]1. The molecule has 5 rings (SSSR count). The molecule has 2 aliphatic rings. The van der Waals surface area contributed by atoms with Crippen molar-refractivity contribution in [3.63, 3.8) is 0 Å². The maximum absolute atomic E-state index is 14.7. The number of nitrogens with zero attached hydrogens (tertiary/aromatic N) is 3. The maximum atomic E-state index is 14.7. The second kappa shape index (κ2) is 10.1. The van der Waals surface area contributed by atoms with E-state index in [4.69, 9.17) is 0 Å². The molecule has 0 bridgehead atoms. The summed E-state index contributed by atoms with van der Waals surface area (Å²) in [5.74, 6) is -1.27. The summed E-state index contributed by atoms with van der Waals surface area (Å²) in [5.41, 5.74) is -1.48. The van der Waals surface area contributed by atoms with E-state index in [0.29, 0.717) is 48.2 Å². The van der Waals surface area contributed by atoms with E-state index < -0.39 is 28.9 Å². The molecule has 0 spiro atoms. The van der Waals surface area contributed by atoms with E-state index in [2.05, 4.69) is 31.3 Å². The second-order valence-corrected chi connectivity index (χ2v) is 9.95. The molecule has 200 valence electrons. The predicted molar refractivity (Wildman–Crippen MR) is 129 cm³/mol. The van der Waals surface area contributed by atoms with Crippen LogP contribution in [0.4, 0.5) is 23.2 Å². The molecule has 2 fully saturated rings. The minimum absolute atomic E-state index is 0.0821. The van der Waals surface area contributed by atoms with Crippen molar-refractivity contribution in [3.8, 4) is 11.4 Å². The highest BCUT2D eigenvalue weighted by Gasteiger charge is 2.53. The van der Waals surface area contributed by atoms with Crippen LogP contribution in [0.15, 0.2) is 36.4 Å². The Morgan fingerprint density at radius 3 is 2.45 bits per heavy atom. The van der Waals surface area contributed by atoms with E-state index >= 15 is 0 Å². The first kappa shape index (κ1) is 25.8. The van der Waals surface area contributed by atoms with Gasteiger partial charge in [-0.15, -0.1) is 5.10 Å². The second-order valence-electron chi connectivity index (χ2n) is 9.95. The first-order chi connectivity index (χ1) is 18.2. The molecule has 2 aromatic carbocycles. The fraction of sp³-hybridized carbons (Fsp3) is 0.423. The number of alkyl halides is 3. The number of carbonyl (C=O) groups excluding carboxylic acids is 2. The Morgan fingerprint density at radius 1 is 1.05 bits per heavy atom. The number of benzene rings is 2. The molecule has 3 N–H and O–H groups in total. The number of carbonyl (C=O) groups is 2. The lowest BCUT2D eigenvalue weighted by molar-refractivity contribution is -0.137. The van der Waals surface area contributed by atoms with Gasteiger partial charge in [-0.3, -0.25) is 9.59 Å². The largest absolute Gasteiger partial charge is 0.416 e. The Morgan fingerprint density at radius 2 is 1.82 bits per heavy atom. The number of anilines is 1. The maximum Gasteiger partial charge on any atom is 0.416 e. The van der Waals surface area contributed by atoms with Crippen molar-refractivity contribution in [2.24, 2.45) is 5.92 Å². The highest BCUT2D eigenvalue weighted by molar-refractivity contribution is 6.04. The van der Waals surface area contributed by atoms with Gasteiger partial charge < -0.3 is 10.6 Å². The molecule has 2 amide bonds. The van der Waals surface area contributed by atoms with Gasteiger partial charge in [0.15, 0.2) is 5.82 Å².